The molecule has 0 aliphatic carbocycles. The minimum absolute atomic E-state index is 0.0808. The van der Waals surface area contributed by atoms with Crippen LogP contribution in [0.1, 0.15) is 10.6 Å². The normalized spacial score (nSPS) is 10.2. The summed E-state index contributed by atoms with van der Waals surface area (Å²) >= 11 is 0. The predicted octanol–water partition coefficient (Wildman–Crippen LogP) is 2.93. The van der Waals surface area contributed by atoms with E-state index in [2.05, 4.69) is 9.97 Å². The Morgan fingerprint density at radius 1 is 0.818 bits per heavy atom. The van der Waals surface area contributed by atoms with E-state index in [1.807, 2.05) is 66.7 Å². The number of carbonyl (C=O) groups is 1. The molecule has 3 aromatic rings. The number of nitrogens with one attached hydrogen (secondary N) is 1. The van der Waals surface area contributed by atoms with Crippen LogP contribution in [0.2, 0.25) is 0 Å². The van der Waals surface area contributed by atoms with Crippen LogP contribution in [-0.4, -0.2) is 21.1 Å². The number of rotatable bonds is 3. The van der Waals surface area contributed by atoms with Crippen LogP contribution in [0.15, 0.2) is 66.7 Å². The minimum atomic E-state index is -0.741. The lowest BCUT2D eigenvalue weighted by molar-refractivity contribution is 0.0695. The monoisotopic (exact) mass is 291 g/mol. The summed E-state index contributed by atoms with van der Waals surface area (Å²) in [6.45, 7) is 0. The number of hydrogen-bond donors (Lipinski definition) is 2. The molecule has 5 nitrogen and oxygen atoms in total. The molecule has 0 atom stereocenters. The number of amides is 1. The van der Waals surface area contributed by atoms with Gasteiger partial charge in [0.05, 0.1) is 11.4 Å². The maximum absolute atomic E-state index is 11.7. The second-order valence-electron chi connectivity index (χ2n) is 4.64. The number of nitrogens with zero attached hydrogens (tertiary/aromatic N) is 2. The summed E-state index contributed by atoms with van der Waals surface area (Å²) in [5, 5.41) is 8.83. The zero-order chi connectivity index (χ0) is 15.4. The van der Waals surface area contributed by atoms with Gasteiger partial charge in [-0.1, -0.05) is 60.7 Å². The fraction of sp³-hybridized carbons (Fsp3) is 0. The van der Waals surface area contributed by atoms with Crippen LogP contribution in [0.5, 0.6) is 0 Å². The zero-order valence-electron chi connectivity index (χ0n) is 11.6. The summed E-state index contributed by atoms with van der Waals surface area (Å²) in [5.41, 5.74) is 4.55. The van der Waals surface area contributed by atoms with Gasteiger partial charge in [0.25, 0.3) is 0 Å². The summed E-state index contributed by atoms with van der Waals surface area (Å²) in [5.74, 6) is -0.822. The highest BCUT2D eigenvalue weighted by atomic mass is 16.5. The summed E-state index contributed by atoms with van der Waals surface area (Å²) in [6, 6.07) is 20.8. The van der Waals surface area contributed by atoms with Gasteiger partial charge in [-0.05, 0) is 6.07 Å². The number of benzene rings is 2. The van der Waals surface area contributed by atoms with Gasteiger partial charge in [0.15, 0.2) is 0 Å². The third-order valence-electron chi connectivity index (χ3n) is 3.17. The van der Waals surface area contributed by atoms with E-state index in [-0.39, 0.29) is 5.82 Å². The Morgan fingerprint density at radius 2 is 1.27 bits per heavy atom. The number of hydrogen-bond acceptors (Lipinski definition) is 4. The van der Waals surface area contributed by atoms with Crippen molar-refractivity contribution in [1.29, 1.82) is 0 Å². The Labute approximate surface area is 127 Å². The van der Waals surface area contributed by atoms with Crippen LogP contribution in [0.3, 0.4) is 0 Å². The molecule has 22 heavy (non-hydrogen) atoms. The maximum Gasteiger partial charge on any atom is 0.312 e. The largest absolute Gasteiger partial charge is 0.312 e. The first-order valence-corrected chi connectivity index (χ1v) is 6.72. The smallest absolute Gasteiger partial charge is 0.288 e. The van der Waals surface area contributed by atoms with Crippen molar-refractivity contribution >= 4 is 5.91 Å². The van der Waals surface area contributed by atoms with Crippen LogP contribution < -0.4 is 5.48 Å². The standard InChI is InChI=1S/C17H13N3O2/c21-17(20-22)16-18-14(12-7-3-1-4-8-12)11-15(19-16)13-9-5-2-6-10-13/h1-11,22H,(H,20,21). The van der Waals surface area contributed by atoms with E-state index < -0.39 is 5.91 Å². The van der Waals surface area contributed by atoms with Crippen molar-refractivity contribution in [3.63, 3.8) is 0 Å². The molecule has 3 rings (SSSR count). The topological polar surface area (TPSA) is 75.1 Å². The van der Waals surface area contributed by atoms with Crippen molar-refractivity contribution in [3.8, 4) is 22.5 Å². The number of aromatic nitrogens is 2. The van der Waals surface area contributed by atoms with Gasteiger partial charge >= 0.3 is 5.91 Å². The van der Waals surface area contributed by atoms with Crippen molar-refractivity contribution in [3.05, 3.63) is 72.6 Å². The van der Waals surface area contributed by atoms with Crippen molar-refractivity contribution in [2.45, 2.75) is 0 Å². The first kappa shape index (κ1) is 13.9. The molecule has 0 spiro atoms. The van der Waals surface area contributed by atoms with Crippen LogP contribution in [0.25, 0.3) is 22.5 Å². The van der Waals surface area contributed by atoms with Crippen molar-refractivity contribution in [2.75, 3.05) is 0 Å². The van der Waals surface area contributed by atoms with E-state index in [4.69, 9.17) is 5.21 Å². The molecule has 0 aliphatic heterocycles. The molecule has 0 saturated heterocycles. The van der Waals surface area contributed by atoms with Gasteiger partial charge in [-0.15, -0.1) is 0 Å². The van der Waals surface area contributed by atoms with Crippen LogP contribution in [0.4, 0.5) is 0 Å². The average Bonchev–Trinajstić information content (AvgIpc) is 2.62. The fourth-order valence-corrected chi connectivity index (χ4v) is 2.11. The van der Waals surface area contributed by atoms with E-state index in [0.29, 0.717) is 11.4 Å². The van der Waals surface area contributed by atoms with Crippen molar-refractivity contribution in [1.82, 2.24) is 15.4 Å². The van der Waals surface area contributed by atoms with Gasteiger partial charge in [0, 0.05) is 11.1 Å². The summed E-state index contributed by atoms with van der Waals surface area (Å²) in [4.78, 5) is 20.1. The van der Waals surface area contributed by atoms with Gasteiger partial charge in [-0.25, -0.2) is 15.4 Å². The second-order valence-corrected chi connectivity index (χ2v) is 4.64. The molecule has 0 saturated carbocycles. The van der Waals surface area contributed by atoms with Crippen molar-refractivity contribution in [2.24, 2.45) is 0 Å². The van der Waals surface area contributed by atoms with E-state index in [9.17, 15) is 4.79 Å². The van der Waals surface area contributed by atoms with Crippen LogP contribution >= 0.6 is 0 Å². The molecule has 1 aromatic heterocycles. The van der Waals surface area contributed by atoms with Crippen LogP contribution in [-0.2, 0) is 0 Å². The molecular weight excluding hydrogens is 278 g/mol. The zero-order valence-corrected chi connectivity index (χ0v) is 11.6. The van der Waals surface area contributed by atoms with Gasteiger partial charge in [0.1, 0.15) is 0 Å². The maximum atomic E-state index is 11.7. The van der Waals surface area contributed by atoms with E-state index >= 15 is 0 Å². The molecule has 1 heterocycles. The third kappa shape index (κ3) is 2.84. The average molecular weight is 291 g/mol. The molecular formula is C17H13N3O2. The van der Waals surface area contributed by atoms with Crippen molar-refractivity contribution < 1.29 is 10.0 Å². The SMILES string of the molecule is O=C(NO)c1nc(-c2ccccc2)cc(-c2ccccc2)n1. The molecule has 1 amide bonds. The Balaban J connectivity index is 2.17. The molecule has 108 valence electrons. The lowest BCUT2D eigenvalue weighted by Crippen LogP contribution is -2.22. The molecule has 0 bridgehead atoms. The van der Waals surface area contributed by atoms with E-state index in [1.54, 1.807) is 5.48 Å². The lowest BCUT2D eigenvalue weighted by atomic mass is 10.1. The molecule has 0 radical (unpaired) electrons. The molecule has 0 unspecified atom stereocenters. The Kier molecular flexibility index (Phi) is 3.89. The van der Waals surface area contributed by atoms with Gasteiger partial charge in [-0.2, -0.15) is 0 Å². The van der Waals surface area contributed by atoms with Gasteiger partial charge in [-0.3, -0.25) is 10.0 Å². The van der Waals surface area contributed by atoms with Gasteiger partial charge in [0.2, 0.25) is 5.82 Å². The Hall–Kier alpha value is -3.05. The highest BCUT2D eigenvalue weighted by Gasteiger charge is 2.13. The highest BCUT2D eigenvalue weighted by Crippen LogP contribution is 2.23. The Bertz CT molecular complexity index is 732. The number of hydroxylamine groups is 1. The molecule has 5 heteroatoms. The first-order chi connectivity index (χ1) is 10.8. The number of carbonyl (C=O) groups excluding carboxylic acids is 1. The predicted molar refractivity (Wildman–Crippen MR) is 82.2 cm³/mol. The summed E-state index contributed by atoms with van der Waals surface area (Å²) in [7, 11) is 0. The molecule has 0 aliphatic rings. The van der Waals surface area contributed by atoms with E-state index in [0.717, 1.165) is 11.1 Å². The molecule has 0 fully saturated rings. The summed E-state index contributed by atoms with van der Waals surface area (Å²) in [6.07, 6.45) is 0. The van der Waals surface area contributed by atoms with Crippen LogP contribution in [0, 0.1) is 0 Å². The van der Waals surface area contributed by atoms with Gasteiger partial charge < -0.3 is 0 Å². The summed E-state index contributed by atoms with van der Waals surface area (Å²) < 4.78 is 0. The fourth-order valence-electron chi connectivity index (χ4n) is 2.11. The quantitative estimate of drug-likeness (QED) is 0.574. The molecule has 2 N–H and O–H groups in total. The molecule has 2 aromatic carbocycles. The highest BCUT2D eigenvalue weighted by molar-refractivity contribution is 5.90. The minimum Gasteiger partial charge on any atom is -0.288 e. The third-order valence-corrected chi connectivity index (χ3v) is 3.17. The second kappa shape index (κ2) is 6.15. The van der Waals surface area contributed by atoms with E-state index in [1.165, 1.54) is 0 Å². The lowest BCUT2D eigenvalue weighted by Gasteiger charge is -2.07. The first-order valence-electron chi connectivity index (χ1n) is 6.72. The Morgan fingerprint density at radius 3 is 1.68 bits per heavy atom.